The van der Waals surface area contributed by atoms with E-state index < -0.39 is 0 Å². The van der Waals surface area contributed by atoms with Crippen LogP contribution in [-0.2, 0) is 0 Å². The van der Waals surface area contributed by atoms with Gasteiger partial charge in [0.1, 0.15) is 0 Å². The molecule has 120 valence electrons. The fourth-order valence-electron chi connectivity index (χ4n) is 3.44. The first-order chi connectivity index (χ1) is 11.2. The lowest BCUT2D eigenvalue weighted by molar-refractivity contribution is 0.0935. The molecule has 2 fully saturated rings. The summed E-state index contributed by atoms with van der Waals surface area (Å²) in [5.74, 6) is 0.0742. The van der Waals surface area contributed by atoms with Crippen molar-refractivity contribution in [2.45, 2.75) is 53.4 Å². The number of carbonyl (C=O) groups excluding carboxylic acids is 1. The molecule has 1 amide bonds. The van der Waals surface area contributed by atoms with E-state index in [1.165, 1.54) is 23.3 Å². The highest BCUT2D eigenvalue weighted by molar-refractivity contribution is 8.01. The van der Waals surface area contributed by atoms with Crippen LogP contribution in [0.2, 0.25) is 0 Å². The minimum atomic E-state index is 0.0742. The maximum Gasteiger partial charge on any atom is 0.261 e. The normalized spacial score (nSPS) is 25.7. The number of rotatable bonds is 4. The second-order valence-electron chi connectivity index (χ2n) is 6.40. The molecule has 0 radical (unpaired) electrons. The van der Waals surface area contributed by atoms with E-state index in [0.29, 0.717) is 18.1 Å². The summed E-state index contributed by atoms with van der Waals surface area (Å²) in [4.78, 5) is 14.5. The molecule has 0 saturated carbocycles. The zero-order valence-electron chi connectivity index (χ0n) is 13.0. The molecule has 2 aliphatic heterocycles. The van der Waals surface area contributed by atoms with E-state index in [-0.39, 0.29) is 5.91 Å². The molecular weight excluding hydrogens is 324 g/mol. The summed E-state index contributed by atoms with van der Waals surface area (Å²) in [6.45, 7) is 2.09. The van der Waals surface area contributed by atoms with Gasteiger partial charge in [0.25, 0.3) is 5.91 Å². The van der Waals surface area contributed by atoms with Gasteiger partial charge >= 0.3 is 0 Å². The Bertz CT molecular complexity index is 710. The van der Waals surface area contributed by atoms with Gasteiger partial charge in [-0.3, -0.25) is 4.79 Å². The summed E-state index contributed by atoms with van der Waals surface area (Å²) in [6.07, 6.45) is 3.52. The number of hydrogen-bond acceptors (Lipinski definition) is 4. The number of aryl methyl sites for hydroxylation is 1. The molecule has 0 aliphatic carbocycles. The molecule has 1 aromatic heterocycles. The van der Waals surface area contributed by atoms with E-state index in [1.54, 1.807) is 23.1 Å². The van der Waals surface area contributed by atoms with Gasteiger partial charge in [0.05, 0.1) is 9.09 Å². The first-order valence-corrected chi connectivity index (χ1v) is 9.72. The fourth-order valence-corrected chi connectivity index (χ4v) is 5.45. The van der Waals surface area contributed by atoms with E-state index in [2.05, 4.69) is 41.8 Å². The molecule has 1 aromatic carbocycles. The molecule has 23 heavy (non-hydrogen) atoms. The van der Waals surface area contributed by atoms with Crippen LogP contribution < -0.4 is 10.6 Å². The van der Waals surface area contributed by atoms with Gasteiger partial charge in [-0.25, -0.2) is 0 Å². The van der Waals surface area contributed by atoms with Crippen LogP contribution in [-0.4, -0.2) is 24.0 Å². The third-order valence-corrected chi connectivity index (χ3v) is 6.88. The molecule has 3 atom stereocenters. The third kappa shape index (κ3) is 3.32. The van der Waals surface area contributed by atoms with Crippen molar-refractivity contribution in [2.75, 3.05) is 0 Å². The second-order valence-corrected chi connectivity index (χ2v) is 8.85. The van der Waals surface area contributed by atoms with Gasteiger partial charge in [-0.1, -0.05) is 29.5 Å². The van der Waals surface area contributed by atoms with Crippen LogP contribution in [0, 0.1) is 6.92 Å². The van der Waals surface area contributed by atoms with Crippen LogP contribution in [0.3, 0.4) is 0 Å². The number of thiophene rings is 1. The van der Waals surface area contributed by atoms with E-state index in [4.69, 9.17) is 0 Å². The van der Waals surface area contributed by atoms with Gasteiger partial charge in [0.2, 0.25) is 0 Å². The van der Waals surface area contributed by atoms with Crippen molar-refractivity contribution < 1.29 is 4.79 Å². The Morgan fingerprint density at radius 3 is 2.74 bits per heavy atom. The topological polar surface area (TPSA) is 41.1 Å². The lowest BCUT2D eigenvalue weighted by atomic mass is 9.95. The van der Waals surface area contributed by atoms with Crippen molar-refractivity contribution in [3.63, 3.8) is 0 Å². The monoisotopic (exact) mass is 344 g/mol. The third-order valence-electron chi connectivity index (χ3n) is 4.66. The van der Waals surface area contributed by atoms with Gasteiger partial charge in [0.15, 0.2) is 0 Å². The molecule has 2 saturated heterocycles. The Balaban J connectivity index is 1.39. The molecule has 2 N–H and O–H groups in total. The van der Waals surface area contributed by atoms with E-state index in [9.17, 15) is 4.79 Å². The van der Waals surface area contributed by atoms with Gasteiger partial charge in [0, 0.05) is 23.0 Å². The van der Waals surface area contributed by atoms with Crippen LogP contribution in [0.1, 0.15) is 34.5 Å². The van der Waals surface area contributed by atoms with E-state index in [0.717, 1.165) is 15.5 Å². The number of fused-ring (bicyclic) bond motifs is 2. The summed E-state index contributed by atoms with van der Waals surface area (Å²) < 4.78 is 1.16. The van der Waals surface area contributed by atoms with Crippen LogP contribution in [0.5, 0.6) is 0 Å². The maximum atomic E-state index is 12.4. The molecule has 2 aliphatic rings. The number of nitrogens with one attached hydrogen (secondary N) is 2. The van der Waals surface area contributed by atoms with Gasteiger partial charge in [-0.15, -0.1) is 11.3 Å². The molecule has 2 aromatic rings. The summed E-state index contributed by atoms with van der Waals surface area (Å²) in [5.41, 5.74) is 1.26. The Kier molecular flexibility index (Phi) is 4.18. The number of carbonyl (C=O) groups is 1. The Hall–Kier alpha value is -1.30. The highest BCUT2D eigenvalue weighted by Crippen LogP contribution is 2.34. The molecule has 3 nitrogen and oxygen atoms in total. The number of amides is 1. The largest absolute Gasteiger partial charge is 0.347 e. The van der Waals surface area contributed by atoms with Crippen LogP contribution in [0.15, 0.2) is 45.5 Å². The number of benzene rings is 1. The van der Waals surface area contributed by atoms with E-state index >= 15 is 0 Å². The van der Waals surface area contributed by atoms with Crippen molar-refractivity contribution in [2.24, 2.45) is 0 Å². The standard InChI is InChI=1S/C18H20N2OS2/c1-11-2-5-13(6-3-11)22-17-9-8-16(23-17)18(21)20-15-10-12-4-7-14(15)19-12/h2-3,5-6,8-9,12,14-15,19H,4,7,10H2,1H3,(H,20,21)/t12-,14+,15-/m1/s1. The molecule has 4 rings (SSSR count). The zero-order valence-corrected chi connectivity index (χ0v) is 14.7. The maximum absolute atomic E-state index is 12.4. The van der Waals surface area contributed by atoms with Crippen molar-refractivity contribution in [1.29, 1.82) is 0 Å². The molecule has 0 unspecified atom stereocenters. The lowest BCUT2D eigenvalue weighted by Gasteiger charge is -2.20. The molecule has 5 heteroatoms. The van der Waals surface area contributed by atoms with Crippen molar-refractivity contribution in [3.8, 4) is 0 Å². The van der Waals surface area contributed by atoms with Crippen molar-refractivity contribution >= 4 is 29.0 Å². The highest BCUT2D eigenvalue weighted by atomic mass is 32.2. The van der Waals surface area contributed by atoms with Gasteiger partial charge in [-0.2, -0.15) is 0 Å². The minimum absolute atomic E-state index is 0.0742. The molecule has 0 spiro atoms. The van der Waals surface area contributed by atoms with Crippen LogP contribution in [0.4, 0.5) is 0 Å². The fraction of sp³-hybridized carbons (Fsp3) is 0.389. The summed E-state index contributed by atoms with van der Waals surface area (Å²) in [5, 5.41) is 6.77. The summed E-state index contributed by atoms with van der Waals surface area (Å²) in [6, 6.07) is 13.9. The lowest BCUT2D eigenvalue weighted by Crippen LogP contribution is -2.42. The Morgan fingerprint density at radius 1 is 1.22 bits per heavy atom. The minimum Gasteiger partial charge on any atom is -0.347 e. The van der Waals surface area contributed by atoms with E-state index in [1.807, 2.05) is 12.1 Å². The molecule has 3 heterocycles. The SMILES string of the molecule is Cc1ccc(Sc2ccc(C(=O)N[C@@H]3C[C@H]4CC[C@@H]3N4)s2)cc1. The quantitative estimate of drug-likeness (QED) is 0.886. The number of hydrogen-bond donors (Lipinski definition) is 2. The van der Waals surface area contributed by atoms with Crippen molar-refractivity contribution in [3.05, 3.63) is 46.8 Å². The van der Waals surface area contributed by atoms with Crippen LogP contribution in [0.25, 0.3) is 0 Å². The average Bonchev–Trinajstić information content (AvgIpc) is 3.26. The van der Waals surface area contributed by atoms with Crippen LogP contribution >= 0.6 is 23.1 Å². The second kappa shape index (κ2) is 6.30. The summed E-state index contributed by atoms with van der Waals surface area (Å²) >= 11 is 3.29. The predicted octanol–water partition coefficient (Wildman–Crippen LogP) is 3.83. The predicted molar refractivity (Wildman–Crippen MR) is 95.4 cm³/mol. The van der Waals surface area contributed by atoms with Crippen molar-refractivity contribution in [1.82, 2.24) is 10.6 Å². The summed E-state index contributed by atoms with van der Waals surface area (Å²) in [7, 11) is 0. The smallest absolute Gasteiger partial charge is 0.261 e. The zero-order chi connectivity index (χ0) is 15.8. The Labute approximate surface area is 144 Å². The van der Waals surface area contributed by atoms with Gasteiger partial charge < -0.3 is 10.6 Å². The molecule has 2 bridgehead atoms. The van der Waals surface area contributed by atoms with Gasteiger partial charge in [-0.05, 0) is 50.5 Å². The highest BCUT2D eigenvalue weighted by Gasteiger charge is 2.39. The average molecular weight is 345 g/mol. The first-order valence-electron chi connectivity index (χ1n) is 8.09. The molecular formula is C18H20N2OS2. The first kappa shape index (κ1) is 15.2. The Morgan fingerprint density at radius 2 is 2.04 bits per heavy atom.